The number of aromatic nitrogens is 17. The Hall–Kier alpha value is -17.1. The topological polar surface area (TPSA) is 328 Å². The Morgan fingerprint density at radius 3 is 0.924 bits per heavy atom. The average Bonchev–Trinajstić information content (AvgIpc) is 1.69. The highest BCUT2D eigenvalue weighted by Gasteiger charge is 2.31. The van der Waals surface area contributed by atoms with Gasteiger partial charge in [-0.15, -0.1) is 0 Å². The van der Waals surface area contributed by atoms with E-state index in [2.05, 4.69) is 54.7 Å². The first kappa shape index (κ1) is 98.5. The third kappa shape index (κ3) is 24.5. The van der Waals surface area contributed by atoms with Crippen LogP contribution in [0.5, 0.6) is 28.9 Å². The minimum Gasteiger partial charge on any atom is -0.497 e. The summed E-state index contributed by atoms with van der Waals surface area (Å²) in [6.07, 6.45) is 19.1. The van der Waals surface area contributed by atoms with Crippen molar-refractivity contribution in [2.75, 3.05) is 160 Å². The van der Waals surface area contributed by atoms with Crippen LogP contribution in [-0.4, -0.2) is 267 Å². The predicted molar refractivity (Wildman–Crippen MR) is 534 cm³/mol. The summed E-state index contributed by atoms with van der Waals surface area (Å²) in [5.74, 6) is 7.03. The van der Waals surface area contributed by atoms with Gasteiger partial charge >= 0.3 is 0 Å². The summed E-state index contributed by atoms with van der Waals surface area (Å²) >= 11 is 6.20. The lowest BCUT2D eigenvalue weighted by molar-refractivity contribution is -0.131. The molecule has 0 aliphatic carbocycles. The third-order valence-electron chi connectivity index (χ3n) is 24.8. The van der Waals surface area contributed by atoms with E-state index >= 15 is 0 Å². The molecular weight excluding hydrogens is 1870 g/mol. The smallest absolute Gasteiger partial charge is 0.230 e. The van der Waals surface area contributed by atoms with Gasteiger partial charge in [0.15, 0.2) is 5.75 Å². The van der Waals surface area contributed by atoms with E-state index in [1.165, 1.54) is 67.5 Å². The number of hydrogen-bond acceptors (Lipinski definition) is 26. The van der Waals surface area contributed by atoms with E-state index in [1.807, 2.05) is 170 Å². The van der Waals surface area contributed by atoms with Crippen molar-refractivity contribution in [2.45, 2.75) is 32.6 Å². The van der Waals surface area contributed by atoms with Crippen molar-refractivity contribution < 1.29 is 60.4 Å². The molecule has 4 amide bonds. The molecule has 0 saturated carbocycles. The first-order chi connectivity index (χ1) is 70.1. The van der Waals surface area contributed by atoms with E-state index < -0.39 is 0 Å². The number of benzene rings is 8. The van der Waals surface area contributed by atoms with Crippen LogP contribution in [0.2, 0.25) is 5.02 Å². The Morgan fingerprint density at radius 1 is 0.312 bits per heavy atom. The van der Waals surface area contributed by atoms with Gasteiger partial charge in [0.05, 0.1) is 96.4 Å². The van der Waals surface area contributed by atoms with Gasteiger partial charge in [-0.25, -0.2) is 82.4 Å². The summed E-state index contributed by atoms with van der Waals surface area (Å²) in [4.78, 5) is 126. The first-order valence-electron chi connectivity index (χ1n) is 46.4. The summed E-state index contributed by atoms with van der Waals surface area (Å²) in [6.45, 7) is 11.6. The second-order valence-corrected chi connectivity index (χ2v) is 34.1. The average molecular weight is 1970 g/mol. The van der Waals surface area contributed by atoms with Gasteiger partial charge in [-0.3, -0.25) is 19.2 Å². The molecule has 12 heterocycles. The molecule has 0 unspecified atom stereocenters. The Kier molecular flexibility index (Phi) is 31.7. The van der Waals surface area contributed by atoms with E-state index in [9.17, 15) is 36.7 Å². The molecule has 8 aromatic carbocycles. The number of methoxy groups -OCH3 is 5. The number of anilines is 4. The van der Waals surface area contributed by atoms with Crippen LogP contribution >= 0.6 is 11.6 Å². The number of carbonyl (C=O) groups excluding carboxylic acids is 4. The van der Waals surface area contributed by atoms with Crippen molar-refractivity contribution in [3.05, 3.63) is 326 Å². The number of aryl methyl sites for hydroxylation is 1. The van der Waals surface area contributed by atoms with Crippen molar-refractivity contribution >= 4 is 58.9 Å². The Balaban J connectivity index is 0.000000132. The maximum atomic E-state index is 13.6. The van der Waals surface area contributed by atoms with Gasteiger partial charge in [0.2, 0.25) is 47.4 Å². The highest BCUT2D eigenvalue weighted by molar-refractivity contribution is 6.31. The van der Waals surface area contributed by atoms with Gasteiger partial charge in [-0.1, -0.05) is 17.7 Å². The number of hydrogen-bond donors (Lipinski definition) is 0. The van der Waals surface area contributed by atoms with Crippen molar-refractivity contribution in [2.24, 2.45) is 0 Å². The van der Waals surface area contributed by atoms with E-state index in [0.29, 0.717) is 163 Å². The molecule has 4 aliphatic heterocycles. The van der Waals surface area contributed by atoms with E-state index in [4.69, 9.17) is 55.2 Å². The lowest BCUT2D eigenvalue weighted by Gasteiger charge is -2.35. The zero-order valence-corrected chi connectivity index (χ0v) is 80.5. The SMILES string of the molecule is COc1ccc(-c2cn(-c3ccc(F)cc3)c(CC(=O)N3CCN(c4cc(OC)ncn4)CC3)n2)cc1.COc1ccc(-c2cn(-c3ccc(F)cc3)c(CC(=O)N3CCN(c4ncc(OC)cn4)CC3)n2)cc1.COc1ccc(-c2cn(-c3ccc(F)cc3)c(CC(=O)N3CCN(c4ncncn4)CC3)n2)cc1.Cc1cc(-c2cn(-c3ccc(F)cc3)c(CC(=O)N3CCN(c4ncccn4)CC3)n2)ccc1Cl. The molecule has 8 aromatic heterocycles. The second-order valence-electron chi connectivity index (χ2n) is 33.7. The molecule has 0 atom stereocenters. The van der Waals surface area contributed by atoms with Gasteiger partial charge in [0.1, 0.15) is 88.6 Å². The molecule has 736 valence electrons. The van der Waals surface area contributed by atoms with Crippen molar-refractivity contribution in [3.8, 4) is 96.7 Å². The summed E-state index contributed by atoms with van der Waals surface area (Å²) in [5, 5.41) is 0.683. The Labute approximate surface area is 832 Å². The van der Waals surface area contributed by atoms with Crippen LogP contribution < -0.4 is 43.3 Å². The summed E-state index contributed by atoms with van der Waals surface area (Å²) in [7, 11) is 7.99. The zero-order valence-electron chi connectivity index (χ0n) is 79.8. The fraction of sp³-hybridized carbons (Fsp3) is 0.248. The largest absolute Gasteiger partial charge is 0.497 e. The monoisotopic (exact) mass is 1970 g/mol. The van der Waals surface area contributed by atoms with Gasteiger partial charge in [-0.05, 0) is 201 Å². The molecule has 0 spiro atoms. The molecule has 0 bridgehead atoms. The number of carbonyl (C=O) groups is 4. The summed E-state index contributed by atoms with van der Waals surface area (Å²) in [6, 6.07) is 56.6. The highest BCUT2D eigenvalue weighted by atomic mass is 35.5. The number of imidazole rings is 4. The molecule has 4 saturated heterocycles. The van der Waals surface area contributed by atoms with Crippen LogP contribution in [0.25, 0.3) is 67.8 Å². The molecule has 20 rings (SSSR count). The quantitative estimate of drug-likeness (QED) is 0.0480. The van der Waals surface area contributed by atoms with Gasteiger partial charge in [0.25, 0.3) is 0 Å². The predicted octanol–water partition coefficient (Wildman–Crippen LogP) is 13.8. The standard InChI is InChI=1S/2C27H27FN6O3.C26H24ClFN6O.C25H24FN7O2/c1-36-22-9-3-19(4-10-22)23-17-34(21-7-5-20(28)6-8-21)25(31-23)16-27(35)33-13-11-32(12-14-33)24-15-26(37-2)30-18-29-24;1-36-22-9-3-19(4-10-22)24-18-34(21-7-5-20(28)6-8-21)25(31-24)15-26(35)32-11-13-33(14-12-32)27-29-16-23(37-2)17-30-27;1-18-15-19(3-8-22(18)27)23-17-34(21-6-4-20(28)5-7-21)24(31-23)16-25(35)32-11-13-33(14-12-32)26-29-9-2-10-30-26;1-35-21-8-2-18(3-9-21)22-15-33(20-6-4-19(26)5-7-20)23(30-22)14-24(34)31-10-12-32(13-11-31)25-28-16-27-17-29-25/h3-10,15,17-18H,11-14,16H2,1-2H3;3-10,16-18H,11-15H2,1-2H3;2-10,15,17H,11-14,16H2,1H3;2-9,15-17H,10-14H2,1H3. The summed E-state index contributed by atoms with van der Waals surface area (Å²) < 4.78 is 87.7. The Morgan fingerprint density at radius 2 is 0.611 bits per heavy atom. The maximum Gasteiger partial charge on any atom is 0.230 e. The number of halogens is 5. The third-order valence-corrected chi connectivity index (χ3v) is 25.2. The molecular formula is C105H102ClF4N25O9. The normalized spacial score (nSPS) is 13.6. The Bertz CT molecular complexity index is 7020. The molecule has 0 N–H and O–H groups in total. The maximum absolute atomic E-state index is 13.6. The van der Waals surface area contributed by atoms with Crippen molar-refractivity contribution in [1.82, 2.24) is 103 Å². The van der Waals surface area contributed by atoms with Gasteiger partial charge < -0.3 is 81.2 Å². The van der Waals surface area contributed by atoms with Crippen LogP contribution in [-0.2, 0) is 44.9 Å². The molecule has 39 heteroatoms. The van der Waals surface area contributed by atoms with Crippen LogP contribution in [0.4, 0.5) is 41.2 Å². The minimum absolute atomic E-state index is 0.00794. The lowest BCUT2D eigenvalue weighted by atomic mass is 10.1. The van der Waals surface area contributed by atoms with Gasteiger partial charge in [0, 0.05) is 198 Å². The van der Waals surface area contributed by atoms with E-state index in [-0.39, 0.29) is 72.6 Å². The van der Waals surface area contributed by atoms with Crippen LogP contribution in [0.3, 0.4) is 0 Å². The molecule has 144 heavy (non-hydrogen) atoms. The van der Waals surface area contributed by atoms with E-state index in [0.717, 1.165) is 96.4 Å². The van der Waals surface area contributed by atoms with Gasteiger partial charge in [-0.2, -0.15) is 0 Å². The first-order valence-corrected chi connectivity index (χ1v) is 46.8. The number of amides is 4. The minimum atomic E-state index is -0.324. The molecule has 4 aliphatic rings. The van der Waals surface area contributed by atoms with Crippen LogP contribution in [0.1, 0.15) is 28.9 Å². The lowest BCUT2D eigenvalue weighted by Crippen LogP contribution is -2.49. The van der Waals surface area contributed by atoms with E-state index in [1.54, 1.807) is 121 Å². The zero-order chi connectivity index (χ0) is 100. The second kappa shape index (κ2) is 46.4. The number of nitrogens with zero attached hydrogens (tertiary/aromatic N) is 25. The highest BCUT2D eigenvalue weighted by Crippen LogP contribution is 2.33. The molecule has 16 aromatic rings. The van der Waals surface area contributed by atoms with Crippen LogP contribution in [0, 0.1) is 30.2 Å². The van der Waals surface area contributed by atoms with Crippen LogP contribution in [0.15, 0.2) is 269 Å². The summed E-state index contributed by atoms with van der Waals surface area (Å²) in [5.41, 5.74) is 10.4. The number of rotatable bonds is 25. The fourth-order valence-electron chi connectivity index (χ4n) is 16.8. The fourth-order valence-corrected chi connectivity index (χ4v) is 16.9. The number of ether oxygens (including phenoxy) is 5. The van der Waals surface area contributed by atoms with Crippen molar-refractivity contribution in [3.63, 3.8) is 0 Å². The molecule has 4 fully saturated rings. The molecule has 34 nitrogen and oxygen atoms in total. The van der Waals surface area contributed by atoms with Crippen molar-refractivity contribution in [1.29, 1.82) is 0 Å². The molecule has 0 radical (unpaired) electrons. The number of piperazine rings is 4.